The van der Waals surface area contributed by atoms with Crippen molar-refractivity contribution in [2.24, 2.45) is 5.73 Å². The number of hydrogen-bond donors (Lipinski definition) is 2. The van der Waals surface area contributed by atoms with Crippen LogP contribution < -0.4 is 5.73 Å². The molecule has 1 heterocycles. The number of halogens is 2. The second-order valence-electron chi connectivity index (χ2n) is 4.02. The van der Waals surface area contributed by atoms with Gasteiger partial charge in [-0.15, -0.1) is 0 Å². The molecule has 1 aromatic heterocycles. The summed E-state index contributed by atoms with van der Waals surface area (Å²) in [6, 6.07) is -1.40. The van der Waals surface area contributed by atoms with Gasteiger partial charge in [0.1, 0.15) is 17.7 Å². The molecule has 1 unspecified atom stereocenters. The van der Waals surface area contributed by atoms with Crippen molar-refractivity contribution in [3.05, 3.63) is 29.6 Å². The largest absolute Gasteiger partial charge is 0.480 e. The van der Waals surface area contributed by atoms with Crippen molar-refractivity contribution in [1.82, 2.24) is 4.98 Å². The molecular weight excluding hydrogens is 218 g/mol. The van der Waals surface area contributed by atoms with Crippen LogP contribution in [0.25, 0.3) is 0 Å². The van der Waals surface area contributed by atoms with Gasteiger partial charge in [0.2, 0.25) is 0 Å². The minimum atomic E-state index is -1.40. The van der Waals surface area contributed by atoms with Crippen molar-refractivity contribution < 1.29 is 18.7 Å². The molecule has 88 valence electrons. The highest BCUT2D eigenvalue weighted by Crippen LogP contribution is 2.30. The number of pyridine rings is 1. The lowest BCUT2D eigenvalue weighted by Crippen LogP contribution is -2.47. The Morgan fingerprint density at radius 1 is 1.44 bits per heavy atom. The fraction of sp³-hybridized carbons (Fsp3) is 0.400. The maximum Gasteiger partial charge on any atom is 0.321 e. The Kier molecular flexibility index (Phi) is 3.23. The minimum absolute atomic E-state index is 0.364. The average molecular weight is 230 g/mol. The van der Waals surface area contributed by atoms with Gasteiger partial charge in [0.25, 0.3) is 0 Å². The first-order chi connectivity index (χ1) is 7.28. The molecular formula is C10H12F2N2O2. The average Bonchev–Trinajstić information content (AvgIpc) is 2.15. The van der Waals surface area contributed by atoms with Gasteiger partial charge in [0.05, 0.1) is 12.4 Å². The predicted octanol–water partition coefficient (Wildman–Crippen LogP) is 1.05. The topological polar surface area (TPSA) is 76.2 Å². The zero-order chi connectivity index (χ0) is 12.5. The van der Waals surface area contributed by atoms with Gasteiger partial charge < -0.3 is 10.8 Å². The molecule has 0 bridgehead atoms. The molecule has 0 aliphatic carbocycles. The summed E-state index contributed by atoms with van der Waals surface area (Å²) in [6.07, 6.45) is 1.66. The Hall–Kier alpha value is -1.56. The van der Waals surface area contributed by atoms with Crippen molar-refractivity contribution in [1.29, 1.82) is 0 Å². The molecule has 0 aliphatic rings. The molecule has 3 N–H and O–H groups in total. The zero-order valence-corrected chi connectivity index (χ0v) is 8.87. The summed E-state index contributed by atoms with van der Waals surface area (Å²) in [7, 11) is 0. The van der Waals surface area contributed by atoms with Gasteiger partial charge >= 0.3 is 5.97 Å². The SMILES string of the molecule is CC(C)(c1c(F)cncc1F)C(N)C(=O)O. The molecule has 0 saturated carbocycles. The van der Waals surface area contributed by atoms with Crippen molar-refractivity contribution in [3.8, 4) is 0 Å². The van der Waals surface area contributed by atoms with E-state index in [0.717, 1.165) is 12.4 Å². The molecule has 0 aliphatic heterocycles. The summed E-state index contributed by atoms with van der Waals surface area (Å²) in [4.78, 5) is 14.1. The van der Waals surface area contributed by atoms with Gasteiger partial charge in [0.15, 0.2) is 0 Å². The molecule has 1 aromatic rings. The molecule has 4 nitrogen and oxygen atoms in total. The van der Waals surface area contributed by atoms with E-state index in [0.29, 0.717) is 0 Å². The van der Waals surface area contributed by atoms with Crippen molar-refractivity contribution in [3.63, 3.8) is 0 Å². The van der Waals surface area contributed by atoms with Gasteiger partial charge in [-0.05, 0) is 0 Å². The van der Waals surface area contributed by atoms with Crippen LogP contribution >= 0.6 is 0 Å². The Labute approximate surface area is 91.1 Å². The van der Waals surface area contributed by atoms with Crippen LogP contribution in [0, 0.1) is 11.6 Å². The summed E-state index contributed by atoms with van der Waals surface area (Å²) in [5, 5.41) is 8.78. The number of aliphatic carboxylic acids is 1. The van der Waals surface area contributed by atoms with E-state index >= 15 is 0 Å². The Bertz CT molecular complexity index is 401. The van der Waals surface area contributed by atoms with Gasteiger partial charge in [-0.3, -0.25) is 9.78 Å². The van der Waals surface area contributed by atoms with E-state index in [-0.39, 0.29) is 5.56 Å². The number of carbonyl (C=O) groups is 1. The Morgan fingerprint density at radius 2 is 1.88 bits per heavy atom. The lowest BCUT2D eigenvalue weighted by Gasteiger charge is -2.29. The second-order valence-corrected chi connectivity index (χ2v) is 4.02. The lowest BCUT2D eigenvalue weighted by molar-refractivity contribution is -0.140. The summed E-state index contributed by atoms with van der Waals surface area (Å²) in [5.41, 5.74) is 3.69. The van der Waals surface area contributed by atoms with Crippen LogP contribution in [0.2, 0.25) is 0 Å². The molecule has 6 heteroatoms. The van der Waals surface area contributed by atoms with E-state index in [4.69, 9.17) is 10.8 Å². The number of aromatic nitrogens is 1. The van der Waals surface area contributed by atoms with Crippen molar-refractivity contribution in [2.75, 3.05) is 0 Å². The van der Waals surface area contributed by atoms with Gasteiger partial charge in [-0.25, -0.2) is 8.78 Å². The smallest absolute Gasteiger partial charge is 0.321 e. The molecule has 16 heavy (non-hydrogen) atoms. The minimum Gasteiger partial charge on any atom is -0.480 e. The van der Waals surface area contributed by atoms with E-state index in [9.17, 15) is 13.6 Å². The van der Waals surface area contributed by atoms with E-state index in [1.807, 2.05) is 0 Å². The molecule has 0 aromatic carbocycles. The predicted molar refractivity (Wildman–Crippen MR) is 52.8 cm³/mol. The Morgan fingerprint density at radius 3 is 2.25 bits per heavy atom. The standard InChI is InChI=1S/C10H12F2N2O2/c1-10(2,8(13)9(15)16)7-5(11)3-14-4-6(7)12/h3-4,8H,13H2,1-2H3,(H,15,16). The van der Waals surface area contributed by atoms with Crippen LogP contribution in [0.5, 0.6) is 0 Å². The van der Waals surface area contributed by atoms with Crippen LogP contribution in [0.3, 0.4) is 0 Å². The number of carboxylic acid groups (broad SMARTS) is 1. The van der Waals surface area contributed by atoms with Crippen LogP contribution in [0.1, 0.15) is 19.4 Å². The van der Waals surface area contributed by atoms with Gasteiger partial charge in [0, 0.05) is 11.0 Å². The lowest BCUT2D eigenvalue weighted by atomic mass is 9.78. The van der Waals surface area contributed by atoms with Crippen molar-refractivity contribution in [2.45, 2.75) is 25.3 Å². The third-order valence-corrected chi connectivity index (χ3v) is 2.54. The third-order valence-electron chi connectivity index (χ3n) is 2.54. The van der Waals surface area contributed by atoms with Crippen LogP contribution in [0.4, 0.5) is 8.78 Å². The maximum absolute atomic E-state index is 13.4. The molecule has 0 amide bonds. The first-order valence-electron chi connectivity index (χ1n) is 4.56. The summed E-state index contributed by atoms with van der Waals surface area (Å²) in [5.74, 6) is -3.12. The summed E-state index contributed by atoms with van der Waals surface area (Å²) >= 11 is 0. The van der Waals surface area contributed by atoms with E-state index in [1.54, 1.807) is 0 Å². The Balaban J connectivity index is 3.31. The van der Waals surface area contributed by atoms with E-state index in [2.05, 4.69) is 4.98 Å². The number of hydrogen-bond acceptors (Lipinski definition) is 3. The molecule has 0 fully saturated rings. The highest BCUT2D eigenvalue weighted by atomic mass is 19.1. The van der Waals surface area contributed by atoms with Gasteiger partial charge in [-0.2, -0.15) is 0 Å². The summed E-state index contributed by atoms with van der Waals surface area (Å²) < 4.78 is 26.8. The van der Waals surface area contributed by atoms with Crippen LogP contribution in [-0.2, 0) is 10.2 Å². The fourth-order valence-corrected chi connectivity index (χ4v) is 1.49. The molecule has 0 radical (unpaired) electrons. The molecule has 0 spiro atoms. The number of carboxylic acids is 1. The second kappa shape index (κ2) is 4.13. The quantitative estimate of drug-likeness (QED) is 0.813. The van der Waals surface area contributed by atoms with E-state index < -0.39 is 29.1 Å². The fourth-order valence-electron chi connectivity index (χ4n) is 1.49. The zero-order valence-electron chi connectivity index (χ0n) is 8.87. The molecule has 1 rings (SSSR count). The normalized spacial score (nSPS) is 13.6. The number of rotatable bonds is 3. The van der Waals surface area contributed by atoms with Crippen LogP contribution in [-0.4, -0.2) is 22.1 Å². The first-order valence-corrected chi connectivity index (χ1v) is 4.56. The van der Waals surface area contributed by atoms with Crippen molar-refractivity contribution >= 4 is 5.97 Å². The number of nitrogens with zero attached hydrogens (tertiary/aromatic N) is 1. The third kappa shape index (κ3) is 2.01. The maximum atomic E-state index is 13.4. The molecule has 0 saturated heterocycles. The highest BCUT2D eigenvalue weighted by Gasteiger charge is 2.38. The monoisotopic (exact) mass is 230 g/mol. The first kappa shape index (κ1) is 12.5. The van der Waals surface area contributed by atoms with Crippen LogP contribution in [0.15, 0.2) is 12.4 Å². The number of nitrogens with two attached hydrogens (primary N) is 1. The highest BCUT2D eigenvalue weighted by molar-refractivity contribution is 5.75. The summed E-state index contributed by atoms with van der Waals surface area (Å²) in [6.45, 7) is 2.74. The van der Waals surface area contributed by atoms with Gasteiger partial charge in [-0.1, -0.05) is 13.8 Å². The molecule has 1 atom stereocenters. The van der Waals surface area contributed by atoms with E-state index in [1.165, 1.54) is 13.8 Å².